The van der Waals surface area contributed by atoms with E-state index in [2.05, 4.69) is 0 Å². The van der Waals surface area contributed by atoms with Crippen LogP contribution in [0.4, 0.5) is 4.79 Å². The van der Waals surface area contributed by atoms with Crippen molar-refractivity contribution < 1.29 is 13.7 Å². The summed E-state index contributed by atoms with van der Waals surface area (Å²) in [5, 5.41) is 0. The molecule has 27 heavy (non-hydrogen) atoms. The van der Waals surface area contributed by atoms with E-state index in [9.17, 15) is 9.00 Å². The van der Waals surface area contributed by atoms with E-state index >= 15 is 0 Å². The Hall–Kier alpha value is -2.40. The van der Waals surface area contributed by atoms with Gasteiger partial charge in [0.15, 0.2) is 0 Å². The van der Waals surface area contributed by atoms with Crippen LogP contribution in [0.25, 0.3) is 0 Å². The third-order valence-electron chi connectivity index (χ3n) is 3.73. The van der Waals surface area contributed by atoms with E-state index < -0.39 is 22.5 Å². The summed E-state index contributed by atoms with van der Waals surface area (Å²) in [5.74, 6) is 0. The van der Waals surface area contributed by atoms with Gasteiger partial charge in [0, 0.05) is 16.3 Å². The third-order valence-corrected chi connectivity index (χ3v) is 5.27. The van der Waals surface area contributed by atoms with E-state index in [1.165, 1.54) is 0 Å². The van der Waals surface area contributed by atoms with Gasteiger partial charge >= 0.3 is 6.09 Å². The Bertz CT molecular complexity index is 795. The molecule has 4 nitrogen and oxygen atoms in total. The maximum atomic E-state index is 12.9. The number of rotatable bonds is 6. The van der Waals surface area contributed by atoms with E-state index in [-0.39, 0.29) is 6.54 Å². The summed E-state index contributed by atoms with van der Waals surface area (Å²) >= 11 is 0. The summed E-state index contributed by atoms with van der Waals surface area (Å²) in [6, 6.07) is 19.0. The number of carbonyl (C=O) groups is 1. The zero-order valence-corrected chi connectivity index (χ0v) is 17.2. The summed E-state index contributed by atoms with van der Waals surface area (Å²) in [5.41, 5.74) is 0.394. The largest absolute Gasteiger partial charge is 0.444 e. The molecule has 0 fully saturated rings. The molecule has 0 bridgehead atoms. The Morgan fingerprint density at radius 2 is 1.59 bits per heavy atom. The third kappa shape index (κ3) is 6.68. The zero-order chi connectivity index (χ0) is 19.9. The molecule has 2 aromatic carbocycles. The van der Waals surface area contributed by atoms with Crippen molar-refractivity contribution in [2.24, 2.45) is 0 Å². The topological polar surface area (TPSA) is 46.6 Å². The van der Waals surface area contributed by atoms with Crippen molar-refractivity contribution in [3.05, 3.63) is 77.2 Å². The first-order valence-electron chi connectivity index (χ1n) is 8.94. The van der Waals surface area contributed by atoms with Gasteiger partial charge in [0.05, 0.1) is 17.3 Å². The Balaban J connectivity index is 2.23. The van der Waals surface area contributed by atoms with Gasteiger partial charge in [-0.15, -0.1) is 0 Å². The number of hydrogen-bond acceptors (Lipinski definition) is 3. The minimum atomic E-state index is -1.33. The van der Waals surface area contributed by atoms with Crippen molar-refractivity contribution in [2.45, 2.75) is 44.7 Å². The molecule has 1 unspecified atom stereocenters. The molecule has 0 N–H and O–H groups in total. The Kier molecular flexibility index (Phi) is 7.36. The van der Waals surface area contributed by atoms with Crippen LogP contribution in [0.3, 0.4) is 0 Å². The maximum Gasteiger partial charge on any atom is 0.410 e. The van der Waals surface area contributed by atoms with Crippen LogP contribution in [-0.4, -0.2) is 27.3 Å². The van der Waals surface area contributed by atoms with Gasteiger partial charge in [0.1, 0.15) is 5.60 Å². The van der Waals surface area contributed by atoms with Crippen LogP contribution < -0.4 is 0 Å². The van der Waals surface area contributed by atoms with E-state index in [0.29, 0.717) is 11.4 Å². The fraction of sp³-hybridized carbons (Fsp3) is 0.318. The number of carbonyl (C=O) groups excluding carboxylic acids is 1. The first kappa shape index (κ1) is 20.9. The summed E-state index contributed by atoms with van der Waals surface area (Å²) in [6.45, 7) is 7.98. The number of ether oxygens (including phenoxy) is 1. The average Bonchev–Trinajstić information content (AvgIpc) is 2.64. The Morgan fingerprint density at radius 1 is 1.04 bits per heavy atom. The number of allylic oxidation sites excluding steroid dienone is 1. The molecule has 0 spiro atoms. The van der Waals surface area contributed by atoms with Gasteiger partial charge in [-0.3, -0.25) is 4.90 Å². The van der Waals surface area contributed by atoms with Gasteiger partial charge in [-0.25, -0.2) is 9.00 Å². The number of hydrogen-bond donors (Lipinski definition) is 0. The van der Waals surface area contributed by atoms with Crippen molar-refractivity contribution >= 4 is 16.9 Å². The Morgan fingerprint density at radius 3 is 2.11 bits per heavy atom. The molecule has 0 aliphatic rings. The van der Waals surface area contributed by atoms with Crippen LogP contribution >= 0.6 is 0 Å². The van der Waals surface area contributed by atoms with Crippen LogP contribution in [0.2, 0.25) is 0 Å². The molecule has 0 heterocycles. The highest BCUT2D eigenvalue weighted by atomic mass is 32.2. The molecular formula is C22H27NO3S. The molecule has 0 radical (unpaired) electrons. The second-order valence-electron chi connectivity index (χ2n) is 7.16. The molecule has 5 heteroatoms. The first-order valence-corrected chi connectivity index (χ1v) is 10.1. The fourth-order valence-electron chi connectivity index (χ4n) is 2.46. The fourth-order valence-corrected chi connectivity index (χ4v) is 3.65. The highest BCUT2D eigenvalue weighted by Crippen LogP contribution is 2.19. The molecule has 2 rings (SSSR count). The lowest BCUT2D eigenvalue weighted by Gasteiger charge is -2.28. The SMILES string of the molecule is C/C=C(/CN(Cc1ccccc1)C(=O)OC(C)(C)C)S(=O)c1ccccc1. The molecule has 1 amide bonds. The standard InChI is InChI=1S/C22H27NO3S/c1-5-19(27(25)20-14-10-7-11-15-20)17-23(21(24)26-22(2,3)4)16-18-12-8-6-9-13-18/h5-15H,16-17H2,1-4H3/b19-5-. The van der Waals surface area contributed by atoms with Crippen molar-refractivity contribution in [2.75, 3.05) is 6.54 Å². The van der Waals surface area contributed by atoms with Crippen LogP contribution in [0.5, 0.6) is 0 Å². The van der Waals surface area contributed by atoms with E-state index in [1.807, 2.05) is 94.4 Å². The lowest BCUT2D eigenvalue weighted by molar-refractivity contribution is 0.0255. The smallest absolute Gasteiger partial charge is 0.410 e. The van der Waals surface area contributed by atoms with Crippen LogP contribution in [0.15, 0.2) is 76.5 Å². The molecule has 1 atom stereocenters. The van der Waals surface area contributed by atoms with E-state index in [1.54, 1.807) is 4.90 Å². The average molecular weight is 386 g/mol. The van der Waals surface area contributed by atoms with Gasteiger partial charge < -0.3 is 4.74 Å². The van der Waals surface area contributed by atoms with E-state index in [4.69, 9.17) is 4.74 Å². The second-order valence-corrected chi connectivity index (χ2v) is 8.69. The molecule has 0 aliphatic carbocycles. The second kappa shape index (κ2) is 9.51. The van der Waals surface area contributed by atoms with Crippen molar-refractivity contribution in [1.82, 2.24) is 4.90 Å². The highest BCUT2D eigenvalue weighted by molar-refractivity contribution is 7.89. The molecule has 2 aromatic rings. The molecule has 0 saturated heterocycles. The summed E-state index contributed by atoms with van der Waals surface area (Å²) in [7, 11) is -1.33. The highest BCUT2D eigenvalue weighted by Gasteiger charge is 2.24. The minimum Gasteiger partial charge on any atom is -0.444 e. The zero-order valence-electron chi connectivity index (χ0n) is 16.3. The minimum absolute atomic E-state index is 0.238. The number of nitrogens with zero attached hydrogens (tertiary/aromatic N) is 1. The van der Waals surface area contributed by atoms with Crippen LogP contribution in [0.1, 0.15) is 33.3 Å². The van der Waals surface area contributed by atoms with Crippen molar-refractivity contribution in [3.8, 4) is 0 Å². The van der Waals surface area contributed by atoms with Gasteiger partial charge in [-0.2, -0.15) is 0 Å². The lowest BCUT2D eigenvalue weighted by atomic mass is 10.2. The van der Waals surface area contributed by atoms with E-state index in [0.717, 1.165) is 10.5 Å². The molecule has 0 aliphatic heterocycles. The van der Waals surface area contributed by atoms with Gasteiger partial charge in [0.2, 0.25) is 0 Å². The van der Waals surface area contributed by atoms with Crippen molar-refractivity contribution in [1.29, 1.82) is 0 Å². The quantitative estimate of drug-likeness (QED) is 0.692. The predicted molar refractivity (Wildman–Crippen MR) is 110 cm³/mol. The number of benzene rings is 2. The normalized spacial score (nSPS) is 13.1. The Labute approximate surface area is 164 Å². The number of amides is 1. The lowest BCUT2D eigenvalue weighted by Crippen LogP contribution is -2.38. The predicted octanol–water partition coefficient (Wildman–Crippen LogP) is 5.14. The monoisotopic (exact) mass is 385 g/mol. The van der Waals surface area contributed by atoms with Gasteiger partial charge in [0.25, 0.3) is 0 Å². The molecule has 144 valence electrons. The summed E-state index contributed by atoms with van der Waals surface area (Å²) in [4.78, 5) is 15.7. The summed E-state index contributed by atoms with van der Waals surface area (Å²) in [6.07, 6.45) is 1.39. The molecule has 0 saturated carbocycles. The maximum absolute atomic E-state index is 12.9. The van der Waals surface area contributed by atoms with Gasteiger partial charge in [-0.05, 0) is 45.4 Å². The van der Waals surface area contributed by atoms with Crippen LogP contribution in [0, 0.1) is 0 Å². The summed E-state index contributed by atoms with van der Waals surface area (Å²) < 4.78 is 18.5. The molecule has 0 aromatic heterocycles. The molecular weight excluding hydrogens is 358 g/mol. The van der Waals surface area contributed by atoms with Crippen LogP contribution in [-0.2, 0) is 22.1 Å². The first-order chi connectivity index (χ1) is 12.8. The van der Waals surface area contributed by atoms with Gasteiger partial charge in [-0.1, -0.05) is 54.6 Å². The van der Waals surface area contributed by atoms with Crippen molar-refractivity contribution in [3.63, 3.8) is 0 Å².